The molecule has 3 rings (SSSR count). The van der Waals surface area contributed by atoms with Crippen molar-refractivity contribution in [2.75, 3.05) is 31.1 Å². The van der Waals surface area contributed by atoms with Crippen LogP contribution in [0.2, 0.25) is 0 Å². The first-order valence-corrected chi connectivity index (χ1v) is 8.82. The molecule has 0 N–H and O–H groups in total. The maximum Gasteiger partial charge on any atom is 0.264 e. The van der Waals surface area contributed by atoms with Crippen molar-refractivity contribution in [2.45, 2.75) is 6.92 Å². The lowest BCUT2D eigenvalue weighted by molar-refractivity contribution is -0.126. The third-order valence-corrected chi connectivity index (χ3v) is 5.18. The highest BCUT2D eigenvalue weighted by atomic mass is 32.1. The van der Waals surface area contributed by atoms with E-state index in [0.717, 1.165) is 23.5 Å². The molecule has 1 saturated heterocycles. The van der Waals surface area contributed by atoms with Crippen LogP contribution in [-0.2, 0) is 4.79 Å². The van der Waals surface area contributed by atoms with Crippen LogP contribution < -0.4 is 4.90 Å². The number of hydrogen-bond donors (Lipinski definition) is 0. The number of carbonyl (C=O) groups is 1. The highest BCUT2D eigenvalue weighted by molar-refractivity contribution is 7.11. The third-order valence-electron chi connectivity index (χ3n) is 4.22. The Morgan fingerprint density at radius 1 is 1.17 bits per heavy atom. The minimum atomic E-state index is -0.169. The summed E-state index contributed by atoms with van der Waals surface area (Å²) in [5.74, 6) is -0.169. The molecule has 0 radical (unpaired) electrons. The van der Waals surface area contributed by atoms with Gasteiger partial charge in [0.05, 0.1) is 0 Å². The Hall–Kier alpha value is -2.58. The van der Waals surface area contributed by atoms with Gasteiger partial charge in [-0.1, -0.05) is 18.2 Å². The molecule has 1 aliphatic heterocycles. The zero-order chi connectivity index (χ0) is 16.9. The lowest BCUT2D eigenvalue weighted by Gasteiger charge is -2.36. The van der Waals surface area contributed by atoms with Gasteiger partial charge in [-0.15, -0.1) is 11.3 Å². The fourth-order valence-corrected chi connectivity index (χ4v) is 3.64. The van der Waals surface area contributed by atoms with E-state index in [2.05, 4.69) is 23.1 Å². The zero-order valence-corrected chi connectivity index (χ0v) is 14.4. The lowest BCUT2D eigenvalue weighted by Crippen LogP contribution is -2.49. The van der Waals surface area contributed by atoms with Crippen molar-refractivity contribution in [2.24, 2.45) is 0 Å². The van der Waals surface area contributed by atoms with Crippen molar-refractivity contribution in [3.05, 3.63) is 57.8 Å². The van der Waals surface area contributed by atoms with Gasteiger partial charge in [0.2, 0.25) is 0 Å². The molecular weight excluding hydrogens is 318 g/mol. The Morgan fingerprint density at radius 2 is 1.88 bits per heavy atom. The summed E-state index contributed by atoms with van der Waals surface area (Å²) in [6.07, 6.45) is 1.71. The molecule has 1 aliphatic rings. The summed E-state index contributed by atoms with van der Waals surface area (Å²) in [6, 6.07) is 14.3. The molecule has 24 heavy (non-hydrogen) atoms. The number of rotatable bonds is 3. The van der Waals surface area contributed by atoms with Gasteiger partial charge < -0.3 is 9.80 Å². The molecule has 4 nitrogen and oxygen atoms in total. The molecular formula is C19H19N3OS. The van der Waals surface area contributed by atoms with Gasteiger partial charge in [-0.05, 0) is 42.1 Å². The van der Waals surface area contributed by atoms with E-state index in [1.165, 1.54) is 5.69 Å². The fourth-order valence-electron chi connectivity index (χ4n) is 2.78. The highest BCUT2D eigenvalue weighted by Crippen LogP contribution is 2.21. The molecule has 2 heterocycles. The largest absolute Gasteiger partial charge is 0.368 e. The van der Waals surface area contributed by atoms with Crippen LogP contribution in [0, 0.1) is 18.3 Å². The molecule has 0 unspecified atom stereocenters. The molecule has 1 aromatic carbocycles. The number of hydrogen-bond acceptors (Lipinski definition) is 4. The van der Waals surface area contributed by atoms with E-state index in [1.54, 1.807) is 22.3 Å². The average molecular weight is 337 g/mol. The highest BCUT2D eigenvalue weighted by Gasteiger charge is 2.24. The smallest absolute Gasteiger partial charge is 0.264 e. The second-order valence-electron chi connectivity index (χ2n) is 5.75. The molecule has 2 aromatic rings. The standard InChI is InChI=1S/C19H19N3OS/c1-15-7-12-24-18(15)13-16(14-20)19(23)22-10-8-21(9-11-22)17-5-3-2-4-6-17/h2-7,12-13H,8-11H2,1H3. The molecule has 1 amide bonds. The Bertz CT molecular complexity index is 780. The number of carbonyl (C=O) groups excluding carboxylic acids is 1. The van der Waals surface area contributed by atoms with Gasteiger partial charge in [0.15, 0.2) is 0 Å². The predicted molar refractivity (Wildman–Crippen MR) is 97.9 cm³/mol. The first kappa shape index (κ1) is 16.3. The molecule has 0 spiro atoms. The molecule has 1 aromatic heterocycles. The van der Waals surface area contributed by atoms with Gasteiger partial charge in [-0.2, -0.15) is 5.26 Å². The number of para-hydroxylation sites is 1. The fraction of sp³-hybridized carbons (Fsp3) is 0.263. The lowest BCUT2D eigenvalue weighted by atomic mass is 10.1. The number of thiophene rings is 1. The van der Waals surface area contributed by atoms with Crippen LogP contribution in [0.3, 0.4) is 0 Å². The number of aryl methyl sites for hydroxylation is 1. The molecule has 5 heteroatoms. The molecule has 0 aliphatic carbocycles. The van der Waals surface area contributed by atoms with Gasteiger partial charge in [0.25, 0.3) is 5.91 Å². The third kappa shape index (κ3) is 3.50. The van der Waals surface area contributed by atoms with E-state index in [-0.39, 0.29) is 11.5 Å². The molecule has 0 bridgehead atoms. The molecule has 1 fully saturated rings. The number of nitriles is 1. The van der Waals surface area contributed by atoms with Crippen molar-refractivity contribution in [1.82, 2.24) is 4.90 Å². The van der Waals surface area contributed by atoms with Crippen LogP contribution in [-0.4, -0.2) is 37.0 Å². The van der Waals surface area contributed by atoms with Gasteiger partial charge in [-0.3, -0.25) is 4.79 Å². The Kier molecular flexibility index (Phi) is 4.97. The maximum absolute atomic E-state index is 12.6. The molecule has 0 atom stereocenters. The summed E-state index contributed by atoms with van der Waals surface area (Å²) in [5, 5.41) is 11.3. The number of benzene rings is 1. The van der Waals surface area contributed by atoms with Gasteiger partial charge in [-0.25, -0.2) is 0 Å². The normalized spacial score (nSPS) is 15.2. The minimum Gasteiger partial charge on any atom is -0.368 e. The number of amides is 1. The molecule has 122 valence electrons. The van der Waals surface area contributed by atoms with Gasteiger partial charge >= 0.3 is 0 Å². The van der Waals surface area contributed by atoms with Crippen molar-refractivity contribution in [3.63, 3.8) is 0 Å². The average Bonchev–Trinajstić information content (AvgIpc) is 3.04. The Labute approximate surface area is 146 Å². The van der Waals surface area contributed by atoms with Crippen molar-refractivity contribution >= 4 is 29.0 Å². The summed E-state index contributed by atoms with van der Waals surface area (Å²) in [5.41, 5.74) is 2.48. The maximum atomic E-state index is 12.6. The number of piperazine rings is 1. The van der Waals surface area contributed by atoms with E-state index in [1.807, 2.05) is 36.6 Å². The zero-order valence-electron chi connectivity index (χ0n) is 13.6. The quantitative estimate of drug-likeness (QED) is 0.638. The second kappa shape index (κ2) is 7.33. The SMILES string of the molecule is Cc1ccsc1C=C(C#N)C(=O)N1CCN(c2ccccc2)CC1. The van der Waals surface area contributed by atoms with Crippen LogP contribution in [0.4, 0.5) is 5.69 Å². The second-order valence-corrected chi connectivity index (χ2v) is 6.70. The minimum absolute atomic E-state index is 0.169. The van der Waals surface area contributed by atoms with Crippen molar-refractivity contribution in [3.8, 4) is 6.07 Å². The van der Waals surface area contributed by atoms with E-state index < -0.39 is 0 Å². The van der Waals surface area contributed by atoms with E-state index >= 15 is 0 Å². The van der Waals surface area contributed by atoms with E-state index in [4.69, 9.17) is 0 Å². The topological polar surface area (TPSA) is 47.3 Å². The Morgan fingerprint density at radius 3 is 2.46 bits per heavy atom. The predicted octanol–water partition coefficient (Wildman–Crippen LogP) is 3.31. The van der Waals surface area contributed by atoms with Gasteiger partial charge in [0, 0.05) is 36.7 Å². The molecule has 0 saturated carbocycles. The van der Waals surface area contributed by atoms with Crippen LogP contribution in [0.25, 0.3) is 6.08 Å². The van der Waals surface area contributed by atoms with Crippen molar-refractivity contribution < 1.29 is 4.79 Å². The summed E-state index contributed by atoms with van der Waals surface area (Å²) < 4.78 is 0. The summed E-state index contributed by atoms with van der Waals surface area (Å²) in [6.45, 7) is 4.83. The van der Waals surface area contributed by atoms with Crippen LogP contribution in [0.15, 0.2) is 47.4 Å². The first-order chi connectivity index (χ1) is 11.7. The monoisotopic (exact) mass is 337 g/mol. The first-order valence-electron chi connectivity index (χ1n) is 7.94. The van der Waals surface area contributed by atoms with Crippen LogP contribution in [0.5, 0.6) is 0 Å². The van der Waals surface area contributed by atoms with E-state index in [0.29, 0.717) is 13.1 Å². The van der Waals surface area contributed by atoms with Crippen LogP contribution in [0.1, 0.15) is 10.4 Å². The van der Waals surface area contributed by atoms with Gasteiger partial charge in [0.1, 0.15) is 11.6 Å². The number of nitrogens with zero attached hydrogens (tertiary/aromatic N) is 3. The Balaban J connectivity index is 1.67. The summed E-state index contributed by atoms with van der Waals surface area (Å²) in [4.78, 5) is 17.6. The van der Waals surface area contributed by atoms with Crippen LogP contribution >= 0.6 is 11.3 Å². The van der Waals surface area contributed by atoms with Crippen molar-refractivity contribution in [1.29, 1.82) is 5.26 Å². The summed E-state index contributed by atoms with van der Waals surface area (Å²) in [7, 11) is 0. The summed E-state index contributed by atoms with van der Waals surface area (Å²) >= 11 is 1.55. The number of anilines is 1. The van der Waals surface area contributed by atoms with E-state index in [9.17, 15) is 10.1 Å².